The van der Waals surface area contributed by atoms with Crippen LogP contribution in [0.5, 0.6) is 0 Å². The number of aromatic nitrogens is 1. The first-order chi connectivity index (χ1) is 12.9. The molecule has 1 aromatic heterocycles. The highest BCUT2D eigenvalue weighted by Gasteiger charge is 2.12. The molecule has 1 heterocycles. The zero-order valence-electron chi connectivity index (χ0n) is 14.9. The van der Waals surface area contributed by atoms with Crippen molar-refractivity contribution in [3.8, 4) is 0 Å². The van der Waals surface area contributed by atoms with Crippen LogP contribution >= 0.6 is 22.9 Å². The maximum Gasteiger partial charge on any atom is 0.257 e. The summed E-state index contributed by atoms with van der Waals surface area (Å²) in [6, 6.07) is 12.5. The van der Waals surface area contributed by atoms with Crippen LogP contribution in [0.25, 0.3) is 0 Å². The standard InChI is InChI=1S/C20H18ClN3O2S/c1-12-3-4-13(2)17(9-12)23-18(25)10-16-11-27-20(22-16)24-19(26)14-5-7-15(21)8-6-14/h3-9,11H,10H2,1-2H3,(H,23,25)(H,22,24,26). The fraction of sp³-hybridized carbons (Fsp3) is 0.150. The number of nitrogens with zero attached hydrogens (tertiary/aromatic N) is 1. The molecule has 0 aliphatic heterocycles. The molecule has 0 bridgehead atoms. The van der Waals surface area contributed by atoms with E-state index in [4.69, 9.17) is 11.6 Å². The molecule has 0 saturated carbocycles. The number of rotatable bonds is 5. The van der Waals surface area contributed by atoms with Crippen LogP contribution in [0, 0.1) is 13.8 Å². The zero-order valence-corrected chi connectivity index (χ0v) is 16.4. The van der Waals surface area contributed by atoms with E-state index in [9.17, 15) is 9.59 Å². The second-order valence-corrected chi connectivity index (χ2v) is 7.44. The first kappa shape index (κ1) is 19.1. The molecule has 0 aliphatic carbocycles. The lowest BCUT2D eigenvalue weighted by Gasteiger charge is -2.08. The van der Waals surface area contributed by atoms with Crippen molar-refractivity contribution >= 4 is 45.6 Å². The Balaban J connectivity index is 1.60. The average molecular weight is 400 g/mol. The molecule has 5 nitrogen and oxygen atoms in total. The molecule has 7 heteroatoms. The van der Waals surface area contributed by atoms with Crippen molar-refractivity contribution in [2.24, 2.45) is 0 Å². The predicted octanol–water partition coefficient (Wildman–Crippen LogP) is 4.85. The van der Waals surface area contributed by atoms with E-state index in [0.29, 0.717) is 21.4 Å². The van der Waals surface area contributed by atoms with Gasteiger partial charge >= 0.3 is 0 Å². The van der Waals surface area contributed by atoms with E-state index in [1.165, 1.54) is 11.3 Å². The van der Waals surface area contributed by atoms with Gasteiger partial charge in [-0.05, 0) is 55.3 Å². The number of anilines is 2. The largest absolute Gasteiger partial charge is 0.325 e. The van der Waals surface area contributed by atoms with Gasteiger partial charge in [0.2, 0.25) is 5.91 Å². The highest BCUT2D eigenvalue weighted by atomic mass is 35.5. The predicted molar refractivity (Wildman–Crippen MR) is 110 cm³/mol. The van der Waals surface area contributed by atoms with Crippen LogP contribution in [0.4, 0.5) is 10.8 Å². The first-order valence-electron chi connectivity index (χ1n) is 8.29. The molecule has 0 unspecified atom stereocenters. The summed E-state index contributed by atoms with van der Waals surface area (Å²) >= 11 is 7.11. The Kier molecular flexibility index (Phi) is 5.88. The lowest BCUT2D eigenvalue weighted by atomic mass is 10.1. The number of halogens is 1. The second-order valence-electron chi connectivity index (χ2n) is 6.15. The van der Waals surface area contributed by atoms with Gasteiger partial charge < -0.3 is 5.32 Å². The molecule has 27 heavy (non-hydrogen) atoms. The number of nitrogens with one attached hydrogen (secondary N) is 2. The summed E-state index contributed by atoms with van der Waals surface area (Å²) in [6.45, 7) is 3.92. The van der Waals surface area contributed by atoms with Gasteiger partial charge in [0.15, 0.2) is 5.13 Å². The molecule has 0 saturated heterocycles. The minimum atomic E-state index is -0.271. The van der Waals surface area contributed by atoms with E-state index < -0.39 is 0 Å². The molecule has 0 fully saturated rings. The Hall–Kier alpha value is -2.70. The van der Waals surface area contributed by atoms with Crippen molar-refractivity contribution in [3.05, 3.63) is 75.3 Å². The topological polar surface area (TPSA) is 71.1 Å². The lowest BCUT2D eigenvalue weighted by Crippen LogP contribution is -2.16. The fourth-order valence-electron chi connectivity index (χ4n) is 2.45. The third-order valence-electron chi connectivity index (χ3n) is 3.89. The van der Waals surface area contributed by atoms with Gasteiger partial charge in [0, 0.05) is 21.7 Å². The zero-order chi connectivity index (χ0) is 19.4. The lowest BCUT2D eigenvalue weighted by molar-refractivity contribution is -0.115. The normalized spacial score (nSPS) is 10.5. The van der Waals surface area contributed by atoms with Gasteiger partial charge in [0.25, 0.3) is 5.91 Å². The number of amides is 2. The highest BCUT2D eigenvalue weighted by Crippen LogP contribution is 2.20. The van der Waals surface area contributed by atoms with E-state index in [1.54, 1.807) is 29.6 Å². The Morgan fingerprint density at radius 1 is 1.07 bits per heavy atom. The Bertz CT molecular complexity index is 983. The highest BCUT2D eigenvalue weighted by molar-refractivity contribution is 7.14. The summed E-state index contributed by atoms with van der Waals surface area (Å²) in [5.74, 6) is -0.419. The summed E-state index contributed by atoms with van der Waals surface area (Å²) in [5, 5.41) is 8.42. The van der Waals surface area contributed by atoms with Gasteiger partial charge in [-0.25, -0.2) is 4.98 Å². The van der Waals surface area contributed by atoms with Gasteiger partial charge in [-0.3, -0.25) is 14.9 Å². The van der Waals surface area contributed by atoms with Crippen molar-refractivity contribution in [2.75, 3.05) is 10.6 Å². The van der Waals surface area contributed by atoms with Gasteiger partial charge in [-0.15, -0.1) is 11.3 Å². The van der Waals surface area contributed by atoms with Gasteiger partial charge in [-0.1, -0.05) is 23.7 Å². The van der Waals surface area contributed by atoms with E-state index in [2.05, 4.69) is 15.6 Å². The van der Waals surface area contributed by atoms with Crippen LogP contribution in [0.2, 0.25) is 5.02 Å². The number of aryl methyl sites for hydroxylation is 2. The van der Waals surface area contributed by atoms with Crippen molar-refractivity contribution < 1.29 is 9.59 Å². The maximum atomic E-state index is 12.3. The monoisotopic (exact) mass is 399 g/mol. The number of hydrogen-bond acceptors (Lipinski definition) is 4. The molecule has 0 spiro atoms. The summed E-state index contributed by atoms with van der Waals surface area (Å²) in [4.78, 5) is 28.8. The quantitative estimate of drug-likeness (QED) is 0.644. The molecule has 0 aliphatic rings. The maximum absolute atomic E-state index is 12.3. The van der Waals surface area contributed by atoms with Crippen LogP contribution in [0.15, 0.2) is 47.8 Å². The number of carbonyl (C=O) groups is 2. The Morgan fingerprint density at radius 3 is 2.56 bits per heavy atom. The SMILES string of the molecule is Cc1ccc(C)c(NC(=O)Cc2csc(NC(=O)c3ccc(Cl)cc3)n2)c1. The number of hydrogen-bond donors (Lipinski definition) is 2. The van der Waals surface area contributed by atoms with Crippen molar-refractivity contribution in [2.45, 2.75) is 20.3 Å². The summed E-state index contributed by atoms with van der Waals surface area (Å²) in [5.41, 5.74) is 3.98. The number of benzene rings is 2. The summed E-state index contributed by atoms with van der Waals surface area (Å²) < 4.78 is 0. The molecule has 0 atom stereocenters. The van der Waals surface area contributed by atoms with Crippen molar-refractivity contribution in [1.29, 1.82) is 0 Å². The molecule has 2 amide bonds. The molecular formula is C20H18ClN3O2S. The van der Waals surface area contributed by atoms with Crippen LogP contribution in [0.3, 0.4) is 0 Å². The van der Waals surface area contributed by atoms with Crippen molar-refractivity contribution in [1.82, 2.24) is 4.98 Å². The Labute approximate surface area is 166 Å². The number of carbonyl (C=O) groups excluding carboxylic acids is 2. The first-order valence-corrected chi connectivity index (χ1v) is 9.55. The van der Waals surface area contributed by atoms with E-state index in [-0.39, 0.29) is 18.2 Å². The van der Waals surface area contributed by atoms with Gasteiger partial charge in [0.1, 0.15) is 0 Å². The van der Waals surface area contributed by atoms with E-state index in [0.717, 1.165) is 16.8 Å². The molecular weight excluding hydrogens is 382 g/mol. The fourth-order valence-corrected chi connectivity index (χ4v) is 3.28. The van der Waals surface area contributed by atoms with Crippen LogP contribution in [-0.2, 0) is 11.2 Å². The van der Waals surface area contributed by atoms with E-state index >= 15 is 0 Å². The summed E-state index contributed by atoms with van der Waals surface area (Å²) in [7, 11) is 0. The molecule has 2 aromatic carbocycles. The van der Waals surface area contributed by atoms with Gasteiger partial charge in [0.05, 0.1) is 12.1 Å². The van der Waals surface area contributed by atoms with Gasteiger partial charge in [-0.2, -0.15) is 0 Å². The molecule has 3 aromatic rings. The second kappa shape index (κ2) is 8.33. The van der Waals surface area contributed by atoms with Crippen LogP contribution < -0.4 is 10.6 Å². The van der Waals surface area contributed by atoms with Crippen LogP contribution in [0.1, 0.15) is 27.2 Å². The molecule has 138 valence electrons. The average Bonchev–Trinajstić information content (AvgIpc) is 3.05. The summed E-state index contributed by atoms with van der Waals surface area (Å²) in [6.07, 6.45) is 0.140. The van der Waals surface area contributed by atoms with E-state index in [1.807, 2.05) is 32.0 Å². The number of thiazole rings is 1. The van der Waals surface area contributed by atoms with Crippen LogP contribution in [-0.4, -0.2) is 16.8 Å². The minimum absolute atomic E-state index is 0.140. The third kappa shape index (κ3) is 5.15. The minimum Gasteiger partial charge on any atom is -0.325 e. The van der Waals surface area contributed by atoms with Crippen molar-refractivity contribution in [3.63, 3.8) is 0 Å². The smallest absolute Gasteiger partial charge is 0.257 e. The Morgan fingerprint density at radius 2 is 1.81 bits per heavy atom. The molecule has 2 N–H and O–H groups in total. The molecule has 3 rings (SSSR count). The third-order valence-corrected chi connectivity index (χ3v) is 4.95. The molecule has 0 radical (unpaired) electrons.